The minimum atomic E-state index is -4.52. The number of nitrogens with two attached hydrogens (primary N) is 1. The molecule has 376 valence electrons. The number of carbonyl (C=O) groups is 1. The summed E-state index contributed by atoms with van der Waals surface area (Å²) in [7, 11) is -19.8. The number of benzene rings is 3. The van der Waals surface area contributed by atoms with Crippen molar-refractivity contribution >= 4 is 73.4 Å². The van der Waals surface area contributed by atoms with Crippen LogP contribution in [0.4, 0.5) is 11.4 Å². The summed E-state index contributed by atoms with van der Waals surface area (Å²) in [5.41, 5.74) is 2.89. The van der Waals surface area contributed by atoms with E-state index in [0.29, 0.717) is 39.5 Å². The Morgan fingerprint density at radius 3 is 2.00 bits per heavy atom. The molecule has 0 aliphatic carbocycles. The van der Waals surface area contributed by atoms with Crippen LogP contribution < -0.4 is 15.4 Å². The summed E-state index contributed by atoms with van der Waals surface area (Å²) in [6.07, 6.45) is 12.6. The Hall–Kier alpha value is -4.89. The van der Waals surface area contributed by atoms with E-state index in [-0.39, 0.29) is 72.5 Å². The highest BCUT2D eigenvalue weighted by Crippen LogP contribution is 2.48. The Morgan fingerprint density at radius 1 is 0.768 bits per heavy atom. The van der Waals surface area contributed by atoms with Crippen LogP contribution in [0.5, 0.6) is 0 Å². The summed E-state index contributed by atoms with van der Waals surface area (Å²) in [4.78, 5) is 14.0. The van der Waals surface area contributed by atoms with E-state index in [4.69, 9.17) is 5.14 Å². The van der Waals surface area contributed by atoms with Crippen LogP contribution >= 0.6 is 0 Å². The third kappa shape index (κ3) is 13.9. The molecule has 1 amide bonds. The molecule has 0 atom stereocenters. The fraction of sp³-hybridized carbons (Fsp3) is 0.378. The molecular formula is C45H57N5O14S5. The van der Waals surface area contributed by atoms with Crippen molar-refractivity contribution in [2.24, 2.45) is 5.14 Å². The second kappa shape index (κ2) is 21.2. The zero-order chi connectivity index (χ0) is 51.4. The Balaban J connectivity index is 1.31. The van der Waals surface area contributed by atoms with Crippen molar-refractivity contribution in [1.82, 2.24) is 9.62 Å². The molecule has 2 aliphatic heterocycles. The second-order valence-electron chi connectivity index (χ2n) is 17.6. The number of amides is 1. The van der Waals surface area contributed by atoms with Gasteiger partial charge in [-0.1, -0.05) is 56.4 Å². The monoisotopic (exact) mass is 1050 g/mol. The summed E-state index contributed by atoms with van der Waals surface area (Å²) in [6.45, 7) is 7.94. The Bertz CT molecular complexity index is 3200. The highest BCUT2D eigenvalue weighted by Gasteiger charge is 2.45. The molecule has 0 aromatic heterocycles. The van der Waals surface area contributed by atoms with E-state index in [9.17, 15) is 60.5 Å². The van der Waals surface area contributed by atoms with E-state index < -0.39 is 72.7 Å². The van der Waals surface area contributed by atoms with Gasteiger partial charge in [-0.25, -0.2) is 34.7 Å². The maximum absolute atomic E-state index is 13.9. The van der Waals surface area contributed by atoms with Crippen LogP contribution in [0.2, 0.25) is 0 Å². The van der Waals surface area contributed by atoms with Crippen LogP contribution in [-0.4, -0.2) is 114 Å². The van der Waals surface area contributed by atoms with Gasteiger partial charge in [-0.15, -0.1) is 0 Å². The number of carbonyl (C=O) groups excluding carboxylic acids is 1. The van der Waals surface area contributed by atoms with Crippen LogP contribution in [0.3, 0.4) is 0 Å². The van der Waals surface area contributed by atoms with E-state index in [2.05, 4.69) is 5.32 Å². The minimum absolute atomic E-state index is 0.0000811. The molecule has 2 aliphatic rings. The maximum atomic E-state index is 13.9. The van der Waals surface area contributed by atoms with Crippen LogP contribution in [0.15, 0.2) is 124 Å². The SMILES string of the molecule is CN(CCCC(=O)NCc1ccc(S(N)(=O)=O)cc1)S(=O)(=O)c1ccc2c(c1)C(C)(C)C(/C=C/C=C/C=C/C=C1/N(CCCS(=O)(=O)O)c3ccc(S(=O)(=O)O)cc3C1(C)C)=[N+]2CCCS(=O)(=O)[O-]. The van der Waals surface area contributed by atoms with Gasteiger partial charge >= 0.3 is 0 Å². The molecule has 0 spiro atoms. The molecule has 0 saturated heterocycles. The molecule has 0 fully saturated rings. The second-order valence-corrected chi connectivity index (χ2v) is 25.7. The standard InChI is InChI=1S/C45H57N5O14S5/c1-44(2)37-30-35(68(60,61)48(5)25-11-16-43(51)47-32-33-17-19-34(20-18-33)67(46,58)59)21-23-39(37)49(26-12-28-65(52,53)54)41(44)14-9-7-6-8-10-15-42-45(3,4)38-31-36(69(62,63)64)22-24-40(38)50(42)27-13-29-66(55,56)57/h6-10,14-15,17-24,30-31H,11-13,16,25-29,32H2,1-5H3,(H5-,46,47,51,52,53,54,55,56,57,58,59,62,63,64). The summed E-state index contributed by atoms with van der Waals surface area (Å²) in [6, 6.07) is 14.5. The van der Waals surface area contributed by atoms with Crippen molar-refractivity contribution in [1.29, 1.82) is 0 Å². The third-order valence-corrected chi connectivity index (χ3v) is 17.1. The summed E-state index contributed by atoms with van der Waals surface area (Å²) >= 11 is 0. The van der Waals surface area contributed by atoms with Crippen molar-refractivity contribution in [3.05, 3.63) is 126 Å². The quantitative estimate of drug-likeness (QED) is 0.0622. The molecule has 69 heavy (non-hydrogen) atoms. The van der Waals surface area contributed by atoms with E-state index in [1.807, 2.05) is 37.2 Å². The lowest BCUT2D eigenvalue weighted by atomic mass is 9.81. The van der Waals surface area contributed by atoms with Crippen molar-refractivity contribution in [3.8, 4) is 0 Å². The number of nitrogens with one attached hydrogen (secondary N) is 1. The number of nitrogens with zero attached hydrogens (tertiary/aromatic N) is 3. The number of fused-ring (bicyclic) bond motifs is 2. The summed E-state index contributed by atoms with van der Waals surface area (Å²) in [5, 5.41) is 7.85. The first-order valence-corrected chi connectivity index (χ1v) is 29.1. The number of hydrogen-bond donors (Lipinski definition) is 4. The fourth-order valence-electron chi connectivity index (χ4n) is 8.25. The first kappa shape index (κ1) is 55.0. The lowest BCUT2D eigenvalue weighted by Gasteiger charge is -2.27. The highest BCUT2D eigenvalue weighted by atomic mass is 32.2. The van der Waals surface area contributed by atoms with Gasteiger partial charge < -0.3 is 14.8 Å². The number of hydrogen-bond acceptors (Lipinski definition) is 13. The van der Waals surface area contributed by atoms with Crippen molar-refractivity contribution in [2.45, 2.75) is 85.4 Å². The molecule has 0 saturated carbocycles. The third-order valence-electron chi connectivity index (χ3n) is 11.9. The number of anilines is 1. The van der Waals surface area contributed by atoms with E-state index in [1.165, 1.54) is 55.6 Å². The molecule has 24 heteroatoms. The number of rotatable bonds is 22. The molecule has 3 aromatic rings. The van der Waals surface area contributed by atoms with Gasteiger partial charge in [0.2, 0.25) is 31.6 Å². The molecule has 19 nitrogen and oxygen atoms in total. The van der Waals surface area contributed by atoms with Gasteiger partial charge in [0.15, 0.2) is 5.71 Å². The molecule has 2 heterocycles. The van der Waals surface area contributed by atoms with E-state index >= 15 is 0 Å². The Labute approximate surface area is 405 Å². The largest absolute Gasteiger partial charge is 0.748 e. The van der Waals surface area contributed by atoms with Crippen LogP contribution in [0.1, 0.15) is 70.1 Å². The number of sulfonamides is 2. The molecule has 0 radical (unpaired) electrons. The normalized spacial score (nSPS) is 17.0. The predicted octanol–water partition coefficient (Wildman–Crippen LogP) is 4.24. The van der Waals surface area contributed by atoms with Crippen molar-refractivity contribution in [2.75, 3.05) is 43.1 Å². The van der Waals surface area contributed by atoms with Gasteiger partial charge in [-0.3, -0.25) is 13.9 Å². The molecule has 5 N–H and O–H groups in total. The Morgan fingerprint density at radius 2 is 1.38 bits per heavy atom. The first-order valence-electron chi connectivity index (χ1n) is 21.5. The fourth-order valence-corrected chi connectivity index (χ4v) is 11.5. The molecule has 0 unspecified atom stereocenters. The maximum Gasteiger partial charge on any atom is 0.294 e. The minimum Gasteiger partial charge on any atom is -0.748 e. The van der Waals surface area contributed by atoms with Gasteiger partial charge in [-0.2, -0.15) is 21.4 Å². The lowest BCUT2D eigenvalue weighted by Crippen LogP contribution is -2.30. The van der Waals surface area contributed by atoms with Crippen molar-refractivity contribution in [3.63, 3.8) is 0 Å². The molecular weight excluding hydrogens is 995 g/mol. The van der Waals surface area contributed by atoms with Crippen LogP contribution in [0.25, 0.3) is 0 Å². The zero-order valence-electron chi connectivity index (χ0n) is 38.6. The van der Waals surface area contributed by atoms with Gasteiger partial charge in [0.25, 0.3) is 20.2 Å². The van der Waals surface area contributed by atoms with Gasteiger partial charge in [-0.05, 0) is 86.4 Å². The highest BCUT2D eigenvalue weighted by molar-refractivity contribution is 7.89. The Kier molecular flexibility index (Phi) is 16.9. The first-order chi connectivity index (χ1) is 31.8. The smallest absolute Gasteiger partial charge is 0.294 e. The number of allylic oxidation sites excluding steroid dienone is 8. The lowest BCUT2D eigenvalue weighted by molar-refractivity contribution is -0.437. The van der Waals surface area contributed by atoms with Gasteiger partial charge in [0.05, 0.1) is 36.0 Å². The van der Waals surface area contributed by atoms with Crippen LogP contribution in [0, 0.1) is 0 Å². The summed E-state index contributed by atoms with van der Waals surface area (Å²) < 4.78 is 154. The van der Waals surface area contributed by atoms with Gasteiger partial charge in [0, 0.05) is 79.8 Å². The molecule has 5 rings (SSSR count). The van der Waals surface area contributed by atoms with Gasteiger partial charge in [0.1, 0.15) is 6.54 Å². The van der Waals surface area contributed by atoms with Crippen LogP contribution in [-0.2, 0) is 72.6 Å². The summed E-state index contributed by atoms with van der Waals surface area (Å²) in [5.74, 6) is -1.43. The molecule has 3 aromatic carbocycles. The molecule has 0 bridgehead atoms. The zero-order valence-corrected chi connectivity index (χ0v) is 42.7. The number of primary sulfonamides is 1. The van der Waals surface area contributed by atoms with E-state index in [0.717, 1.165) is 4.31 Å². The topological polar surface area (TPSA) is 299 Å². The average molecular weight is 1050 g/mol. The average Bonchev–Trinajstić information content (AvgIpc) is 3.58. The van der Waals surface area contributed by atoms with E-state index in [1.54, 1.807) is 54.7 Å². The predicted molar refractivity (Wildman–Crippen MR) is 260 cm³/mol. The van der Waals surface area contributed by atoms with Crippen molar-refractivity contribution < 1.29 is 65.1 Å².